The third-order valence-electron chi connectivity index (χ3n) is 2.41. The normalized spacial score (nSPS) is 9.10. The lowest BCUT2D eigenvalue weighted by Gasteiger charge is -1.99. The molecule has 0 radical (unpaired) electrons. The summed E-state index contributed by atoms with van der Waals surface area (Å²) >= 11 is 4.98. The first-order chi connectivity index (χ1) is 9.69. The Hall–Kier alpha value is -2.13. The SMILES string of the molecule is COC(=O)CCl.O=C(c1ccccc1)c1ccccc1. The number of carbonyl (C=O) groups is 2. The lowest BCUT2D eigenvalue weighted by atomic mass is 10.0. The van der Waals surface area contributed by atoms with Gasteiger partial charge in [0, 0.05) is 11.1 Å². The van der Waals surface area contributed by atoms with Gasteiger partial charge in [-0.1, -0.05) is 60.7 Å². The van der Waals surface area contributed by atoms with Crippen molar-refractivity contribution in [1.29, 1.82) is 0 Å². The van der Waals surface area contributed by atoms with Crippen molar-refractivity contribution in [3.63, 3.8) is 0 Å². The molecule has 0 aliphatic carbocycles. The zero-order valence-electron chi connectivity index (χ0n) is 11.1. The molecule has 0 saturated heterocycles. The van der Waals surface area contributed by atoms with Gasteiger partial charge in [0.1, 0.15) is 5.88 Å². The summed E-state index contributed by atoms with van der Waals surface area (Å²) in [5.74, 6) is -0.376. The summed E-state index contributed by atoms with van der Waals surface area (Å²) in [5, 5.41) is 0. The predicted octanol–water partition coefficient (Wildman–Crippen LogP) is 3.32. The molecule has 3 nitrogen and oxygen atoms in total. The third-order valence-corrected chi connectivity index (χ3v) is 2.63. The zero-order valence-corrected chi connectivity index (χ0v) is 11.8. The van der Waals surface area contributed by atoms with Crippen LogP contribution in [0.2, 0.25) is 0 Å². The Morgan fingerprint density at radius 1 is 0.900 bits per heavy atom. The molecule has 104 valence electrons. The molecule has 2 rings (SSSR count). The van der Waals surface area contributed by atoms with E-state index in [0.717, 1.165) is 11.1 Å². The fraction of sp³-hybridized carbons (Fsp3) is 0.125. The minimum Gasteiger partial charge on any atom is -0.468 e. The molecular weight excluding hydrogens is 276 g/mol. The molecule has 4 heteroatoms. The number of hydrogen-bond donors (Lipinski definition) is 0. The van der Waals surface area contributed by atoms with Crippen LogP contribution in [0.3, 0.4) is 0 Å². The van der Waals surface area contributed by atoms with Crippen LogP contribution < -0.4 is 0 Å². The number of esters is 1. The van der Waals surface area contributed by atoms with Crippen molar-refractivity contribution in [2.24, 2.45) is 0 Å². The predicted molar refractivity (Wildman–Crippen MR) is 79.1 cm³/mol. The van der Waals surface area contributed by atoms with Gasteiger partial charge in [0.2, 0.25) is 0 Å². The molecule has 0 atom stereocenters. The highest BCUT2D eigenvalue weighted by molar-refractivity contribution is 6.26. The van der Waals surface area contributed by atoms with Crippen LogP contribution in [-0.2, 0) is 9.53 Å². The summed E-state index contributed by atoms with van der Waals surface area (Å²) in [6.07, 6.45) is 0. The molecule has 0 aromatic heterocycles. The van der Waals surface area contributed by atoms with E-state index in [0.29, 0.717) is 0 Å². The van der Waals surface area contributed by atoms with Gasteiger partial charge < -0.3 is 4.74 Å². The summed E-state index contributed by atoms with van der Waals surface area (Å²) in [4.78, 5) is 21.7. The Balaban J connectivity index is 0.000000286. The zero-order chi connectivity index (χ0) is 14.8. The molecule has 0 amide bonds. The van der Waals surface area contributed by atoms with Crippen LogP contribution in [0.1, 0.15) is 15.9 Å². The van der Waals surface area contributed by atoms with E-state index in [1.54, 1.807) is 0 Å². The van der Waals surface area contributed by atoms with Gasteiger partial charge in [-0.15, -0.1) is 11.6 Å². The molecule has 0 aliphatic heterocycles. The number of carbonyl (C=O) groups excluding carboxylic acids is 2. The number of hydrogen-bond acceptors (Lipinski definition) is 3. The molecule has 0 saturated carbocycles. The highest BCUT2D eigenvalue weighted by Crippen LogP contribution is 2.08. The van der Waals surface area contributed by atoms with Crippen LogP contribution in [0.15, 0.2) is 60.7 Å². The van der Waals surface area contributed by atoms with Crippen molar-refractivity contribution in [3.05, 3.63) is 71.8 Å². The Bertz CT molecular complexity index is 491. The lowest BCUT2D eigenvalue weighted by molar-refractivity contribution is -0.137. The van der Waals surface area contributed by atoms with Crippen LogP contribution in [0.25, 0.3) is 0 Å². The number of alkyl halides is 1. The first-order valence-electron chi connectivity index (χ1n) is 5.96. The van der Waals surface area contributed by atoms with Gasteiger partial charge in [0.05, 0.1) is 7.11 Å². The van der Waals surface area contributed by atoms with Crippen LogP contribution in [0.5, 0.6) is 0 Å². The van der Waals surface area contributed by atoms with E-state index in [2.05, 4.69) is 4.74 Å². The van der Waals surface area contributed by atoms with Gasteiger partial charge in [-0.3, -0.25) is 9.59 Å². The maximum Gasteiger partial charge on any atom is 0.320 e. The standard InChI is InChI=1S/C13H10O.C3H5ClO2/c14-13(11-7-3-1-4-8-11)12-9-5-2-6-10-12;1-6-3(5)2-4/h1-10H;2H2,1H3. The van der Waals surface area contributed by atoms with E-state index in [9.17, 15) is 9.59 Å². The number of ether oxygens (including phenoxy) is 1. The highest BCUT2D eigenvalue weighted by Gasteiger charge is 2.06. The molecule has 0 fully saturated rings. The van der Waals surface area contributed by atoms with Crippen LogP contribution in [0.4, 0.5) is 0 Å². The second-order valence-corrected chi connectivity index (χ2v) is 4.04. The van der Waals surface area contributed by atoms with Crippen molar-refractivity contribution in [2.45, 2.75) is 0 Å². The van der Waals surface area contributed by atoms with E-state index in [1.807, 2.05) is 60.7 Å². The minimum absolute atomic E-state index is 0.0590. The average Bonchev–Trinajstić information content (AvgIpc) is 2.55. The molecule has 2 aromatic carbocycles. The van der Waals surface area contributed by atoms with Gasteiger partial charge >= 0.3 is 5.97 Å². The second-order valence-electron chi connectivity index (χ2n) is 3.77. The monoisotopic (exact) mass is 290 g/mol. The molecule has 0 spiro atoms. The van der Waals surface area contributed by atoms with E-state index in [-0.39, 0.29) is 11.7 Å². The van der Waals surface area contributed by atoms with Crippen molar-refractivity contribution in [2.75, 3.05) is 13.0 Å². The Morgan fingerprint density at radius 3 is 1.55 bits per heavy atom. The summed E-state index contributed by atoms with van der Waals surface area (Å²) in [6, 6.07) is 18.6. The fourth-order valence-corrected chi connectivity index (χ4v) is 1.51. The quantitative estimate of drug-likeness (QED) is 0.495. The average molecular weight is 291 g/mol. The number of ketones is 1. The number of methoxy groups -OCH3 is 1. The summed E-state index contributed by atoms with van der Waals surface area (Å²) in [6.45, 7) is 0. The highest BCUT2D eigenvalue weighted by atomic mass is 35.5. The number of rotatable bonds is 3. The van der Waals surface area contributed by atoms with Crippen molar-refractivity contribution < 1.29 is 14.3 Å². The smallest absolute Gasteiger partial charge is 0.320 e. The Labute approximate surface area is 123 Å². The maximum atomic E-state index is 11.8. The Morgan fingerprint density at radius 2 is 1.30 bits per heavy atom. The lowest BCUT2D eigenvalue weighted by Crippen LogP contribution is -1.99. The first kappa shape index (κ1) is 15.9. The van der Waals surface area contributed by atoms with Crippen LogP contribution >= 0.6 is 11.6 Å². The van der Waals surface area contributed by atoms with Crippen LogP contribution in [-0.4, -0.2) is 24.7 Å². The summed E-state index contributed by atoms with van der Waals surface area (Å²) in [7, 11) is 1.30. The molecule has 0 heterocycles. The molecule has 0 bridgehead atoms. The second kappa shape index (κ2) is 8.88. The van der Waals surface area contributed by atoms with Gasteiger partial charge in [-0.25, -0.2) is 0 Å². The topological polar surface area (TPSA) is 43.4 Å². The van der Waals surface area contributed by atoms with Gasteiger partial charge in [-0.2, -0.15) is 0 Å². The molecular formula is C16H15ClO3. The van der Waals surface area contributed by atoms with E-state index in [4.69, 9.17) is 11.6 Å². The maximum absolute atomic E-state index is 11.8. The van der Waals surface area contributed by atoms with Crippen LogP contribution in [0, 0.1) is 0 Å². The largest absolute Gasteiger partial charge is 0.468 e. The summed E-state index contributed by atoms with van der Waals surface area (Å²) in [5.41, 5.74) is 1.47. The summed E-state index contributed by atoms with van der Waals surface area (Å²) < 4.78 is 4.13. The fourth-order valence-electron chi connectivity index (χ4n) is 1.40. The number of benzene rings is 2. The van der Waals surface area contributed by atoms with E-state index >= 15 is 0 Å². The molecule has 20 heavy (non-hydrogen) atoms. The molecule has 2 aromatic rings. The minimum atomic E-state index is -0.392. The van der Waals surface area contributed by atoms with Crippen molar-refractivity contribution in [3.8, 4) is 0 Å². The van der Waals surface area contributed by atoms with Gasteiger partial charge in [0.15, 0.2) is 5.78 Å². The van der Waals surface area contributed by atoms with Crippen molar-refractivity contribution in [1.82, 2.24) is 0 Å². The molecule has 0 aliphatic rings. The van der Waals surface area contributed by atoms with Gasteiger partial charge in [-0.05, 0) is 0 Å². The van der Waals surface area contributed by atoms with E-state index in [1.165, 1.54) is 7.11 Å². The van der Waals surface area contributed by atoms with Crippen molar-refractivity contribution >= 4 is 23.4 Å². The third kappa shape index (κ3) is 5.24. The molecule has 0 unspecified atom stereocenters. The van der Waals surface area contributed by atoms with Gasteiger partial charge in [0.25, 0.3) is 0 Å². The first-order valence-corrected chi connectivity index (χ1v) is 6.50. The van der Waals surface area contributed by atoms with E-state index < -0.39 is 5.97 Å². The Kier molecular flexibility index (Phi) is 7.07. The number of halogens is 1. The molecule has 0 N–H and O–H groups in total.